The van der Waals surface area contributed by atoms with Crippen molar-refractivity contribution in [3.8, 4) is 11.5 Å². The molecule has 1 heterocycles. The molecule has 0 spiro atoms. The van der Waals surface area contributed by atoms with Gasteiger partial charge in [-0.2, -0.15) is 0 Å². The Labute approximate surface area is 88.5 Å². The van der Waals surface area contributed by atoms with E-state index in [9.17, 15) is 0 Å². The zero-order chi connectivity index (χ0) is 10.3. The minimum atomic E-state index is 0.885. The van der Waals surface area contributed by atoms with Crippen LogP contribution in [0, 0.1) is 6.92 Å². The zero-order valence-corrected chi connectivity index (χ0v) is 8.45. The standard InChI is InChI=1S/C13H11NO/c1-9-5-4-8-12-13(9)14-10-6-2-3-7-11(10)15-12/h2-8,14H,1H3. The number of ether oxygens (including phenoxy) is 1. The first-order valence-electron chi connectivity index (χ1n) is 4.98. The molecule has 0 unspecified atom stereocenters. The second kappa shape index (κ2) is 3.02. The topological polar surface area (TPSA) is 21.3 Å². The Balaban J connectivity index is 2.15. The summed E-state index contributed by atoms with van der Waals surface area (Å²) >= 11 is 0. The van der Waals surface area contributed by atoms with Gasteiger partial charge in [0.05, 0.1) is 11.4 Å². The van der Waals surface area contributed by atoms with E-state index in [0.717, 1.165) is 22.9 Å². The zero-order valence-electron chi connectivity index (χ0n) is 8.45. The van der Waals surface area contributed by atoms with Gasteiger partial charge >= 0.3 is 0 Å². The van der Waals surface area contributed by atoms with Gasteiger partial charge in [0.1, 0.15) is 0 Å². The van der Waals surface area contributed by atoms with E-state index in [-0.39, 0.29) is 0 Å². The van der Waals surface area contributed by atoms with Gasteiger partial charge in [0.15, 0.2) is 11.5 Å². The monoisotopic (exact) mass is 197 g/mol. The molecule has 1 aliphatic heterocycles. The number of hydrogen-bond acceptors (Lipinski definition) is 2. The molecule has 0 amide bonds. The molecule has 2 aromatic carbocycles. The molecule has 0 bridgehead atoms. The molecule has 3 rings (SSSR count). The summed E-state index contributed by atoms with van der Waals surface area (Å²) in [6.45, 7) is 2.07. The third kappa shape index (κ3) is 1.26. The van der Waals surface area contributed by atoms with Crippen LogP contribution in [0.25, 0.3) is 0 Å². The van der Waals surface area contributed by atoms with Crippen molar-refractivity contribution in [2.45, 2.75) is 6.92 Å². The number of rotatable bonds is 0. The number of benzene rings is 2. The Morgan fingerprint density at radius 1 is 0.933 bits per heavy atom. The molecule has 0 radical (unpaired) electrons. The second-order valence-electron chi connectivity index (χ2n) is 3.67. The number of anilines is 2. The maximum absolute atomic E-state index is 5.80. The highest BCUT2D eigenvalue weighted by atomic mass is 16.5. The molecular weight excluding hydrogens is 186 g/mol. The van der Waals surface area contributed by atoms with Crippen LogP contribution in [0.1, 0.15) is 5.56 Å². The minimum absolute atomic E-state index is 0.885. The summed E-state index contributed by atoms with van der Waals surface area (Å²) in [5.41, 5.74) is 3.29. The molecule has 0 saturated heterocycles. The van der Waals surface area contributed by atoms with Gasteiger partial charge in [0.25, 0.3) is 0 Å². The molecule has 0 saturated carbocycles. The summed E-state index contributed by atoms with van der Waals surface area (Å²) in [7, 11) is 0. The summed E-state index contributed by atoms with van der Waals surface area (Å²) in [5, 5.41) is 3.38. The highest BCUT2D eigenvalue weighted by Gasteiger charge is 2.16. The quantitative estimate of drug-likeness (QED) is 0.591. The van der Waals surface area contributed by atoms with Gasteiger partial charge in [0, 0.05) is 0 Å². The second-order valence-corrected chi connectivity index (χ2v) is 3.67. The van der Waals surface area contributed by atoms with E-state index in [4.69, 9.17) is 4.74 Å². The van der Waals surface area contributed by atoms with Gasteiger partial charge in [-0.25, -0.2) is 0 Å². The van der Waals surface area contributed by atoms with Crippen molar-refractivity contribution in [2.24, 2.45) is 0 Å². The first-order valence-corrected chi connectivity index (χ1v) is 4.98. The van der Waals surface area contributed by atoms with Crippen LogP contribution in [-0.2, 0) is 0 Å². The van der Waals surface area contributed by atoms with Crippen molar-refractivity contribution in [2.75, 3.05) is 5.32 Å². The van der Waals surface area contributed by atoms with E-state index in [0.29, 0.717) is 0 Å². The van der Waals surface area contributed by atoms with Crippen LogP contribution >= 0.6 is 0 Å². The lowest BCUT2D eigenvalue weighted by Crippen LogP contribution is -2.03. The molecule has 2 nitrogen and oxygen atoms in total. The molecule has 15 heavy (non-hydrogen) atoms. The maximum Gasteiger partial charge on any atom is 0.151 e. The molecule has 1 aliphatic rings. The van der Waals surface area contributed by atoms with Crippen LogP contribution in [0.15, 0.2) is 42.5 Å². The molecule has 0 aromatic heterocycles. The minimum Gasteiger partial charge on any atom is -0.453 e. The van der Waals surface area contributed by atoms with E-state index in [1.807, 2.05) is 36.4 Å². The first-order chi connectivity index (χ1) is 7.34. The smallest absolute Gasteiger partial charge is 0.151 e. The molecule has 0 aliphatic carbocycles. The SMILES string of the molecule is Cc1cccc2c1Nc1ccccc1O2. The van der Waals surface area contributed by atoms with Crippen molar-refractivity contribution in [3.05, 3.63) is 48.0 Å². The lowest BCUT2D eigenvalue weighted by molar-refractivity contribution is 0.481. The van der Waals surface area contributed by atoms with Gasteiger partial charge in [0.2, 0.25) is 0 Å². The predicted octanol–water partition coefficient (Wildman–Crippen LogP) is 3.84. The molecule has 0 atom stereocenters. The Morgan fingerprint density at radius 2 is 1.73 bits per heavy atom. The van der Waals surface area contributed by atoms with E-state index in [1.54, 1.807) is 0 Å². The third-order valence-electron chi connectivity index (χ3n) is 2.60. The molecule has 2 heteroatoms. The maximum atomic E-state index is 5.80. The van der Waals surface area contributed by atoms with E-state index < -0.39 is 0 Å². The van der Waals surface area contributed by atoms with Gasteiger partial charge < -0.3 is 10.1 Å². The van der Waals surface area contributed by atoms with Crippen molar-refractivity contribution < 1.29 is 4.74 Å². The van der Waals surface area contributed by atoms with Crippen molar-refractivity contribution >= 4 is 11.4 Å². The van der Waals surface area contributed by atoms with Crippen molar-refractivity contribution in [3.63, 3.8) is 0 Å². The number of hydrogen-bond donors (Lipinski definition) is 1. The number of nitrogens with one attached hydrogen (secondary N) is 1. The van der Waals surface area contributed by atoms with E-state index >= 15 is 0 Å². The van der Waals surface area contributed by atoms with Crippen molar-refractivity contribution in [1.29, 1.82) is 0 Å². The summed E-state index contributed by atoms with van der Waals surface area (Å²) in [6, 6.07) is 14.0. The van der Waals surface area contributed by atoms with Gasteiger partial charge in [-0.3, -0.25) is 0 Å². The average molecular weight is 197 g/mol. The predicted molar refractivity (Wildman–Crippen MR) is 61.0 cm³/mol. The Morgan fingerprint density at radius 3 is 2.67 bits per heavy atom. The highest BCUT2D eigenvalue weighted by molar-refractivity contribution is 5.77. The fourth-order valence-electron chi connectivity index (χ4n) is 1.80. The molecule has 1 N–H and O–H groups in total. The van der Waals surface area contributed by atoms with Gasteiger partial charge in [-0.05, 0) is 30.7 Å². The Hall–Kier alpha value is -1.96. The highest BCUT2D eigenvalue weighted by Crippen LogP contribution is 2.42. The third-order valence-corrected chi connectivity index (χ3v) is 2.60. The first kappa shape index (κ1) is 8.36. The van der Waals surface area contributed by atoms with Crippen LogP contribution in [0.2, 0.25) is 0 Å². The van der Waals surface area contributed by atoms with Crippen LogP contribution in [0.4, 0.5) is 11.4 Å². The Bertz CT molecular complexity index is 520. The number of para-hydroxylation sites is 3. The van der Waals surface area contributed by atoms with Crippen LogP contribution in [0.3, 0.4) is 0 Å². The largest absolute Gasteiger partial charge is 0.453 e. The molecule has 2 aromatic rings. The number of aryl methyl sites for hydroxylation is 1. The molecule has 74 valence electrons. The number of fused-ring (bicyclic) bond motifs is 2. The Kier molecular flexibility index (Phi) is 1.68. The fraction of sp³-hybridized carbons (Fsp3) is 0.0769. The summed E-state index contributed by atoms with van der Waals surface area (Å²) in [4.78, 5) is 0. The fourth-order valence-corrected chi connectivity index (χ4v) is 1.80. The van der Waals surface area contributed by atoms with Crippen molar-refractivity contribution in [1.82, 2.24) is 0 Å². The van der Waals surface area contributed by atoms with Gasteiger partial charge in [-0.15, -0.1) is 0 Å². The lowest BCUT2D eigenvalue weighted by Gasteiger charge is -2.22. The molecule has 0 fully saturated rings. The normalized spacial score (nSPS) is 12.1. The summed E-state index contributed by atoms with van der Waals surface area (Å²) in [5.74, 6) is 1.78. The van der Waals surface area contributed by atoms with E-state index in [1.165, 1.54) is 5.56 Å². The molecular formula is C13H11NO. The average Bonchev–Trinajstić information content (AvgIpc) is 2.27. The van der Waals surface area contributed by atoms with E-state index in [2.05, 4.69) is 18.3 Å². The lowest BCUT2D eigenvalue weighted by atomic mass is 10.1. The summed E-state index contributed by atoms with van der Waals surface area (Å²) in [6.07, 6.45) is 0. The van der Waals surface area contributed by atoms with Gasteiger partial charge in [-0.1, -0.05) is 24.3 Å². The van der Waals surface area contributed by atoms with Crippen LogP contribution in [0.5, 0.6) is 11.5 Å². The van der Waals surface area contributed by atoms with Crippen LogP contribution in [-0.4, -0.2) is 0 Å². The summed E-state index contributed by atoms with van der Waals surface area (Å²) < 4.78 is 5.80. The van der Waals surface area contributed by atoms with Crippen LogP contribution < -0.4 is 10.1 Å².